The molecular weight excluding hydrogens is 210 g/mol. The first-order chi connectivity index (χ1) is 7.29. The van der Waals surface area contributed by atoms with Gasteiger partial charge in [0.2, 0.25) is 0 Å². The van der Waals surface area contributed by atoms with E-state index in [4.69, 9.17) is 10.5 Å². The highest BCUT2D eigenvalue weighted by Crippen LogP contribution is 2.25. The van der Waals surface area contributed by atoms with Crippen LogP contribution in [-0.4, -0.2) is 22.1 Å². The number of hydrogen-bond acceptors (Lipinski definition) is 5. The Morgan fingerprint density at radius 3 is 2.75 bits per heavy atom. The molecule has 0 saturated carbocycles. The maximum atomic E-state index is 10.8. The van der Waals surface area contributed by atoms with E-state index in [0.717, 1.165) is 0 Å². The summed E-state index contributed by atoms with van der Waals surface area (Å²) in [5.41, 5.74) is 5.74. The molecule has 0 unspecified atom stereocenters. The zero-order valence-electron chi connectivity index (χ0n) is 9.56. The van der Waals surface area contributed by atoms with Gasteiger partial charge in [0, 0.05) is 17.8 Å². The third-order valence-corrected chi connectivity index (χ3v) is 1.75. The van der Waals surface area contributed by atoms with Crippen LogP contribution in [0.4, 0.5) is 5.69 Å². The maximum Gasteiger partial charge on any atom is 0.331 e. The van der Waals surface area contributed by atoms with Crippen LogP contribution >= 0.6 is 0 Å². The molecule has 0 saturated heterocycles. The molecule has 0 bridgehead atoms. The van der Waals surface area contributed by atoms with Crippen molar-refractivity contribution in [1.29, 1.82) is 0 Å². The van der Waals surface area contributed by atoms with Gasteiger partial charge in [0.05, 0.1) is 4.92 Å². The summed E-state index contributed by atoms with van der Waals surface area (Å²) in [5.74, 6) is 0.00845. The standard InChI is InChI=1S/C10H15N3O3/c1-7-4-8(13(14)15)9(12-5-7)16-6-10(2,3)11/h4-5H,6,11H2,1-3H3. The van der Waals surface area contributed by atoms with Crippen LogP contribution in [0.15, 0.2) is 12.3 Å². The molecule has 1 heterocycles. The largest absolute Gasteiger partial charge is 0.471 e. The van der Waals surface area contributed by atoms with Gasteiger partial charge in [-0.3, -0.25) is 10.1 Å². The molecule has 0 aliphatic carbocycles. The first-order valence-corrected chi connectivity index (χ1v) is 4.82. The Labute approximate surface area is 93.6 Å². The van der Waals surface area contributed by atoms with Crippen LogP contribution in [-0.2, 0) is 0 Å². The number of nitrogens with two attached hydrogens (primary N) is 1. The highest BCUT2D eigenvalue weighted by molar-refractivity contribution is 5.42. The lowest BCUT2D eigenvalue weighted by Crippen LogP contribution is -2.38. The quantitative estimate of drug-likeness (QED) is 0.618. The van der Waals surface area contributed by atoms with Crippen molar-refractivity contribution in [2.45, 2.75) is 26.3 Å². The highest BCUT2D eigenvalue weighted by atomic mass is 16.6. The van der Waals surface area contributed by atoms with Gasteiger partial charge in [-0.05, 0) is 26.3 Å². The van der Waals surface area contributed by atoms with Gasteiger partial charge in [-0.25, -0.2) is 4.98 Å². The van der Waals surface area contributed by atoms with Gasteiger partial charge < -0.3 is 10.5 Å². The molecule has 0 atom stereocenters. The minimum Gasteiger partial charge on any atom is -0.471 e. The van der Waals surface area contributed by atoms with Gasteiger partial charge in [0.25, 0.3) is 5.88 Å². The Bertz CT molecular complexity index is 399. The summed E-state index contributed by atoms with van der Waals surface area (Å²) < 4.78 is 5.24. The van der Waals surface area contributed by atoms with E-state index in [2.05, 4.69) is 4.98 Å². The maximum absolute atomic E-state index is 10.8. The zero-order chi connectivity index (χ0) is 12.3. The van der Waals surface area contributed by atoms with Crippen molar-refractivity contribution >= 4 is 5.69 Å². The lowest BCUT2D eigenvalue weighted by Gasteiger charge is -2.18. The lowest BCUT2D eigenvalue weighted by atomic mass is 10.1. The Kier molecular flexibility index (Phi) is 3.44. The summed E-state index contributed by atoms with van der Waals surface area (Å²) in [6, 6.07) is 1.42. The molecule has 0 fully saturated rings. The van der Waals surface area contributed by atoms with Crippen molar-refractivity contribution in [3.8, 4) is 5.88 Å². The van der Waals surface area contributed by atoms with E-state index in [1.54, 1.807) is 20.8 Å². The van der Waals surface area contributed by atoms with Crippen LogP contribution in [0.25, 0.3) is 0 Å². The minimum atomic E-state index is -0.555. The summed E-state index contributed by atoms with van der Waals surface area (Å²) >= 11 is 0. The van der Waals surface area contributed by atoms with E-state index >= 15 is 0 Å². The highest BCUT2D eigenvalue weighted by Gasteiger charge is 2.20. The van der Waals surface area contributed by atoms with Crippen LogP contribution in [0.3, 0.4) is 0 Å². The third kappa shape index (κ3) is 3.47. The number of nitro groups is 1. The van der Waals surface area contributed by atoms with Gasteiger partial charge in [-0.1, -0.05) is 0 Å². The Morgan fingerprint density at radius 2 is 2.25 bits per heavy atom. The van der Waals surface area contributed by atoms with Crippen LogP contribution in [0.5, 0.6) is 5.88 Å². The van der Waals surface area contributed by atoms with Crippen LogP contribution in [0.2, 0.25) is 0 Å². The lowest BCUT2D eigenvalue weighted by molar-refractivity contribution is -0.386. The average Bonchev–Trinajstić information content (AvgIpc) is 2.14. The topological polar surface area (TPSA) is 91.3 Å². The van der Waals surface area contributed by atoms with Gasteiger partial charge in [-0.2, -0.15) is 0 Å². The molecule has 1 aromatic rings. The molecule has 1 aromatic heterocycles. The van der Waals surface area contributed by atoms with Crippen molar-refractivity contribution in [2.75, 3.05) is 6.61 Å². The number of rotatable bonds is 4. The molecule has 6 heteroatoms. The Morgan fingerprint density at radius 1 is 1.62 bits per heavy atom. The molecule has 2 N–H and O–H groups in total. The monoisotopic (exact) mass is 225 g/mol. The van der Waals surface area contributed by atoms with Crippen molar-refractivity contribution in [3.63, 3.8) is 0 Å². The van der Waals surface area contributed by atoms with Crippen molar-refractivity contribution in [2.24, 2.45) is 5.73 Å². The molecule has 1 rings (SSSR count). The van der Waals surface area contributed by atoms with Crippen molar-refractivity contribution < 1.29 is 9.66 Å². The molecule has 16 heavy (non-hydrogen) atoms. The summed E-state index contributed by atoms with van der Waals surface area (Å²) in [7, 11) is 0. The fraction of sp³-hybridized carbons (Fsp3) is 0.500. The van der Waals surface area contributed by atoms with E-state index in [-0.39, 0.29) is 18.2 Å². The first-order valence-electron chi connectivity index (χ1n) is 4.82. The molecule has 6 nitrogen and oxygen atoms in total. The fourth-order valence-corrected chi connectivity index (χ4v) is 1.04. The van der Waals surface area contributed by atoms with E-state index in [1.165, 1.54) is 12.3 Å². The second kappa shape index (κ2) is 4.44. The molecule has 0 spiro atoms. The van der Waals surface area contributed by atoms with Crippen LogP contribution < -0.4 is 10.5 Å². The molecular formula is C10H15N3O3. The summed E-state index contributed by atoms with van der Waals surface area (Å²) in [6.45, 7) is 5.45. The molecule has 0 aliphatic heterocycles. The smallest absolute Gasteiger partial charge is 0.331 e. The number of nitrogens with zero attached hydrogens (tertiary/aromatic N) is 2. The second-order valence-corrected chi connectivity index (χ2v) is 4.37. The third-order valence-electron chi connectivity index (χ3n) is 1.75. The van der Waals surface area contributed by atoms with E-state index in [1.807, 2.05) is 0 Å². The number of pyridine rings is 1. The predicted octanol–water partition coefficient (Wildman–Crippen LogP) is 1.41. The number of aromatic nitrogens is 1. The van der Waals surface area contributed by atoms with Crippen LogP contribution in [0, 0.1) is 17.0 Å². The predicted molar refractivity (Wildman–Crippen MR) is 59.4 cm³/mol. The number of hydrogen-bond donors (Lipinski definition) is 1. The number of ether oxygens (including phenoxy) is 1. The first kappa shape index (κ1) is 12.4. The van der Waals surface area contributed by atoms with Gasteiger partial charge in [-0.15, -0.1) is 0 Å². The summed E-state index contributed by atoms with van der Waals surface area (Å²) in [4.78, 5) is 14.1. The van der Waals surface area contributed by atoms with Gasteiger partial charge in [0.15, 0.2) is 0 Å². The zero-order valence-corrected chi connectivity index (χ0v) is 9.56. The minimum absolute atomic E-state index is 0.00845. The van der Waals surface area contributed by atoms with Crippen LogP contribution in [0.1, 0.15) is 19.4 Å². The van der Waals surface area contributed by atoms with E-state index in [9.17, 15) is 10.1 Å². The Balaban J connectivity index is 2.91. The summed E-state index contributed by atoms with van der Waals surface area (Å²) in [6.07, 6.45) is 1.52. The Hall–Kier alpha value is -1.69. The second-order valence-electron chi connectivity index (χ2n) is 4.37. The van der Waals surface area contributed by atoms with Crippen molar-refractivity contribution in [1.82, 2.24) is 4.98 Å². The molecule has 88 valence electrons. The normalized spacial score (nSPS) is 11.2. The van der Waals surface area contributed by atoms with Gasteiger partial charge >= 0.3 is 5.69 Å². The fourth-order valence-electron chi connectivity index (χ4n) is 1.04. The summed E-state index contributed by atoms with van der Waals surface area (Å²) in [5, 5.41) is 10.8. The SMILES string of the molecule is Cc1cnc(OCC(C)(C)N)c([N+](=O)[O-])c1. The van der Waals surface area contributed by atoms with Crippen molar-refractivity contribution in [3.05, 3.63) is 27.9 Å². The molecule has 0 aromatic carbocycles. The number of aryl methyl sites for hydroxylation is 1. The molecule has 0 radical (unpaired) electrons. The molecule has 0 aliphatic rings. The van der Waals surface area contributed by atoms with E-state index < -0.39 is 10.5 Å². The van der Waals surface area contributed by atoms with E-state index in [0.29, 0.717) is 5.56 Å². The average molecular weight is 225 g/mol. The molecule has 0 amide bonds. The van der Waals surface area contributed by atoms with Gasteiger partial charge in [0.1, 0.15) is 6.61 Å².